The van der Waals surface area contributed by atoms with E-state index in [2.05, 4.69) is 15.4 Å². The van der Waals surface area contributed by atoms with Gasteiger partial charge in [-0.25, -0.2) is 13.4 Å². The fraction of sp³-hybridized carbons (Fsp3) is 0.333. The quantitative estimate of drug-likeness (QED) is 0.193. The number of nitrogens with two attached hydrogens (primary N) is 1. The number of nitrogens with one attached hydrogen (secondary N) is 1. The number of aliphatic carboxylic acids is 1. The number of aromatic nitrogens is 1. The molecule has 0 saturated heterocycles. The molecule has 0 fully saturated rings. The molecule has 4 N–H and O–H groups in total. The van der Waals surface area contributed by atoms with Gasteiger partial charge >= 0.3 is 5.97 Å². The Labute approximate surface area is 181 Å². The Balaban J connectivity index is 1.84. The maximum absolute atomic E-state index is 12.5. The summed E-state index contributed by atoms with van der Waals surface area (Å²) in [5.41, 5.74) is 2.01. The van der Waals surface area contributed by atoms with Crippen LogP contribution in [0.1, 0.15) is 36.8 Å². The maximum Gasteiger partial charge on any atom is 0.305 e. The first kappa shape index (κ1) is 24.0. The van der Waals surface area contributed by atoms with Crippen LogP contribution in [-0.4, -0.2) is 48.4 Å². The molecular weight excluding hydrogens is 420 g/mol. The van der Waals surface area contributed by atoms with Crippen molar-refractivity contribution in [3.8, 4) is 0 Å². The van der Waals surface area contributed by atoms with E-state index in [1.54, 1.807) is 12.3 Å². The van der Waals surface area contributed by atoms with Crippen LogP contribution < -0.4 is 11.2 Å². The minimum atomic E-state index is -3.83. The highest BCUT2D eigenvalue weighted by Crippen LogP contribution is 2.11. The maximum atomic E-state index is 12.5. The monoisotopic (exact) mass is 446 g/mol. The molecule has 2 aromatic rings. The highest BCUT2D eigenvalue weighted by atomic mass is 32.2. The van der Waals surface area contributed by atoms with Gasteiger partial charge in [0.05, 0.1) is 24.4 Å². The van der Waals surface area contributed by atoms with Gasteiger partial charge in [0, 0.05) is 12.6 Å². The number of sulfone groups is 1. The number of hydrazone groups is 1. The zero-order valence-corrected chi connectivity index (χ0v) is 17.8. The smallest absolute Gasteiger partial charge is 0.305 e. The molecular formula is C21H26N4O5S. The van der Waals surface area contributed by atoms with Crippen molar-refractivity contribution < 1.29 is 23.1 Å². The molecule has 1 amide bonds. The average Bonchev–Trinajstić information content (AvgIpc) is 2.72. The zero-order chi connectivity index (χ0) is 22.7. The summed E-state index contributed by atoms with van der Waals surface area (Å²) in [5, 5.41) is 14.9. The van der Waals surface area contributed by atoms with Gasteiger partial charge in [0.1, 0.15) is 0 Å². The Kier molecular flexibility index (Phi) is 9.13. The van der Waals surface area contributed by atoms with Crippen molar-refractivity contribution in [1.82, 2.24) is 10.3 Å². The van der Waals surface area contributed by atoms with Crippen LogP contribution in [0, 0.1) is 0 Å². The third-order valence-corrected chi connectivity index (χ3v) is 6.21. The molecule has 0 spiro atoms. The van der Waals surface area contributed by atoms with Crippen LogP contribution in [0.3, 0.4) is 0 Å². The molecule has 2 rings (SSSR count). The predicted molar refractivity (Wildman–Crippen MR) is 116 cm³/mol. The second kappa shape index (κ2) is 11.8. The van der Waals surface area contributed by atoms with Gasteiger partial charge in [0.25, 0.3) is 0 Å². The van der Waals surface area contributed by atoms with Crippen molar-refractivity contribution in [1.29, 1.82) is 0 Å². The van der Waals surface area contributed by atoms with Crippen LogP contribution in [-0.2, 0) is 25.8 Å². The minimum Gasteiger partial charge on any atom is -0.481 e. The number of carboxylic acids is 1. The molecule has 1 heterocycles. The molecule has 0 radical (unpaired) electrons. The van der Waals surface area contributed by atoms with Crippen molar-refractivity contribution in [3.05, 3.63) is 59.8 Å². The molecule has 31 heavy (non-hydrogen) atoms. The first-order valence-electron chi connectivity index (χ1n) is 9.77. The molecule has 0 aliphatic rings. The predicted octanol–water partition coefficient (Wildman–Crippen LogP) is 1.52. The second-order valence-electron chi connectivity index (χ2n) is 7.04. The van der Waals surface area contributed by atoms with Crippen LogP contribution in [0.4, 0.5) is 0 Å². The number of carbonyl (C=O) groups is 2. The first-order chi connectivity index (χ1) is 14.8. The van der Waals surface area contributed by atoms with Crippen LogP contribution in [0.2, 0.25) is 0 Å². The van der Waals surface area contributed by atoms with E-state index in [1.165, 1.54) is 18.3 Å². The number of rotatable bonds is 12. The lowest BCUT2D eigenvalue weighted by atomic mass is 10.1. The summed E-state index contributed by atoms with van der Waals surface area (Å²) >= 11 is 0. The van der Waals surface area contributed by atoms with Gasteiger partial charge in [-0.05, 0) is 42.5 Å². The highest BCUT2D eigenvalue weighted by Gasteiger charge is 2.25. The summed E-state index contributed by atoms with van der Waals surface area (Å²) in [7, 11) is -3.83. The van der Waals surface area contributed by atoms with Gasteiger partial charge in [0.2, 0.25) is 5.91 Å². The van der Waals surface area contributed by atoms with Crippen molar-refractivity contribution in [2.24, 2.45) is 10.9 Å². The fourth-order valence-electron chi connectivity index (χ4n) is 3.01. The molecule has 0 aliphatic carbocycles. The number of aryl methyl sites for hydroxylation is 1. The second-order valence-corrected chi connectivity index (χ2v) is 9.02. The molecule has 1 atom stereocenters. The molecule has 1 aromatic heterocycles. The van der Waals surface area contributed by atoms with Crippen LogP contribution in [0.15, 0.2) is 58.8 Å². The molecule has 1 unspecified atom stereocenters. The molecule has 166 valence electrons. The standard InChI is InChI=1S/C21H26N4O5S/c22-24-14-17-10-8-16(9-11-17)5-1-2-6-19(26)25-18(13-21(27)28)15-31(29,30)20-7-3-4-12-23-20/h3-4,7-12,14,18H,1-2,5-6,13,15,22H2,(H,25,26)(H,27,28). The summed E-state index contributed by atoms with van der Waals surface area (Å²) in [6.45, 7) is 0. The molecule has 0 bridgehead atoms. The van der Waals surface area contributed by atoms with E-state index in [-0.39, 0.29) is 17.4 Å². The third-order valence-electron chi connectivity index (χ3n) is 4.49. The van der Waals surface area contributed by atoms with Crippen molar-refractivity contribution in [2.45, 2.75) is 43.2 Å². The number of amides is 1. The number of hydrogen-bond donors (Lipinski definition) is 3. The lowest BCUT2D eigenvalue weighted by Gasteiger charge is -2.17. The van der Waals surface area contributed by atoms with Crippen molar-refractivity contribution >= 4 is 27.9 Å². The van der Waals surface area contributed by atoms with Gasteiger partial charge in [-0.15, -0.1) is 0 Å². The topological polar surface area (TPSA) is 152 Å². The van der Waals surface area contributed by atoms with E-state index in [0.29, 0.717) is 6.42 Å². The number of carbonyl (C=O) groups excluding carboxylic acids is 1. The van der Waals surface area contributed by atoms with Crippen LogP contribution in [0.25, 0.3) is 0 Å². The Morgan fingerprint density at radius 1 is 1.16 bits per heavy atom. The van der Waals surface area contributed by atoms with Crippen molar-refractivity contribution in [3.63, 3.8) is 0 Å². The Morgan fingerprint density at radius 3 is 2.52 bits per heavy atom. The van der Waals surface area contributed by atoms with E-state index in [9.17, 15) is 18.0 Å². The van der Waals surface area contributed by atoms with Gasteiger partial charge in [-0.3, -0.25) is 9.59 Å². The molecule has 10 heteroatoms. The van der Waals surface area contributed by atoms with Crippen LogP contribution >= 0.6 is 0 Å². The molecule has 1 aromatic carbocycles. The molecule has 9 nitrogen and oxygen atoms in total. The summed E-state index contributed by atoms with van der Waals surface area (Å²) in [5.74, 6) is 3.02. The summed E-state index contributed by atoms with van der Waals surface area (Å²) in [6.07, 6.45) is 4.71. The Hall–Kier alpha value is -3.27. The summed E-state index contributed by atoms with van der Waals surface area (Å²) in [6, 6.07) is 11.1. The fourth-order valence-corrected chi connectivity index (χ4v) is 4.42. The Bertz CT molecular complexity index is 992. The van der Waals surface area contributed by atoms with Gasteiger partial charge in [-0.1, -0.05) is 30.3 Å². The number of hydrogen-bond acceptors (Lipinski definition) is 7. The first-order valence-corrected chi connectivity index (χ1v) is 11.4. The number of nitrogens with zero attached hydrogens (tertiary/aromatic N) is 2. The summed E-state index contributed by atoms with van der Waals surface area (Å²) in [4.78, 5) is 27.2. The normalized spacial score (nSPS) is 12.5. The number of pyridine rings is 1. The van der Waals surface area contributed by atoms with Gasteiger partial charge in [-0.2, -0.15) is 5.10 Å². The van der Waals surface area contributed by atoms with Crippen molar-refractivity contribution in [2.75, 3.05) is 5.75 Å². The molecule has 0 aliphatic heterocycles. The number of benzene rings is 1. The van der Waals surface area contributed by atoms with E-state index in [4.69, 9.17) is 10.9 Å². The highest BCUT2D eigenvalue weighted by molar-refractivity contribution is 7.91. The van der Waals surface area contributed by atoms with Gasteiger partial charge in [0.15, 0.2) is 14.9 Å². The van der Waals surface area contributed by atoms with Crippen LogP contribution in [0.5, 0.6) is 0 Å². The average molecular weight is 447 g/mol. The summed E-state index contributed by atoms with van der Waals surface area (Å²) < 4.78 is 24.9. The molecule has 0 saturated carbocycles. The SMILES string of the molecule is NN=Cc1ccc(CCCCC(=O)NC(CC(=O)O)CS(=O)(=O)c2ccccn2)cc1. The number of unbranched alkanes of at least 4 members (excludes halogenated alkanes) is 1. The lowest BCUT2D eigenvalue weighted by molar-refractivity contribution is -0.137. The lowest BCUT2D eigenvalue weighted by Crippen LogP contribution is -2.41. The minimum absolute atomic E-state index is 0.150. The third kappa shape index (κ3) is 8.55. The van der Waals surface area contributed by atoms with Gasteiger partial charge < -0.3 is 16.3 Å². The van der Waals surface area contributed by atoms with E-state index in [0.717, 1.165) is 24.0 Å². The Morgan fingerprint density at radius 2 is 1.90 bits per heavy atom. The largest absolute Gasteiger partial charge is 0.481 e. The van der Waals surface area contributed by atoms with E-state index in [1.807, 2.05) is 24.3 Å². The van der Waals surface area contributed by atoms with E-state index >= 15 is 0 Å². The van der Waals surface area contributed by atoms with E-state index < -0.39 is 34.0 Å². The number of carboxylic acid groups (broad SMARTS) is 1. The zero-order valence-electron chi connectivity index (χ0n) is 17.0.